The maximum absolute atomic E-state index is 11.9. The number of aliphatic carboxylic acids is 1. The lowest BCUT2D eigenvalue weighted by Crippen LogP contribution is -2.40. The van der Waals surface area contributed by atoms with E-state index in [0.717, 1.165) is 32.1 Å². The summed E-state index contributed by atoms with van der Waals surface area (Å²) in [5, 5.41) is 11.8. The van der Waals surface area contributed by atoms with Crippen molar-refractivity contribution in [2.24, 2.45) is 5.73 Å². The molecule has 0 aromatic carbocycles. The normalized spacial score (nSPS) is 12.3. The summed E-state index contributed by atoms with van der Waals surface area (Å²) in [7, 11) is 0. The molecular weight excluding hydrogens is 388 g/mol. The first-order chi connectivity index (χ1) is 15.1. The van der Waals surface area contributed by atoms with Gasteiger partial charge in [0.1, 0.15) is 6.04 Å². The van der Waals surface area contributed by atoms with Crippen LogP contribution in [0, 0.1) is 0 Å². The number of allylic oxidation sites excluding steroid dienone is 2. The number of amides is 1. The van der Waals surface area contributed by atoms with Gasteiger partial charge in [0.2, 0.25) is 5.91 Å². The molecule has 182 valence electrons. The number of nitrogens with two attached hydrogens (primary N) is 1. The Morgan fingerprint density at radius 1 is 0.774 bits per heavy atom. The van der Waals surface area contributed by atoms with E-state index in [4.69, 9.17) is 5.73 Å². The lowest BCUT2D eigenvalue weighted by molar-refractivity contribution is -0.142. The number of hydrogen-bond donors (Lipinski definition) is 3. The van der Waals surface area contributed by atoms with E-state index in [9.17, 15) is 14.7 Å². The van der Waals surface area contributed by atoms with Crippen molar-refractivity contribution >= 4 is 11.9 Å². The van der Waals surface area contributed by atoms with Gasteiger partial charge in [-0.15, -0.1) is 0 Å². The van der Waals surface area contributed by atoms with Crippen molar-refractivity contribution in [2.45, 2.75) is 135 Å². The number of carboxylic acids is 1. The van der Waals surface area contributed by atoms with Crippen LogP contribution in [-0.2, 0) is 9.59 Å². The van der Waals surface area contributed by atoms with Crippen LogP contribution in [0.2, 0.25) is 0 Å². The van der Waals surface area contributed by atoms with Crippen LogP contribution in [0.15, 0.2) is 12.2 Å². The van der Waals surface area contributed by atoms with E-state index < -0.39 is 12.0 Å². The van der Waals surface area contributed by atoms with Gasteiger partial charge in [0, 0.05) is 6.42 Å². The van der Waals surface area contributed by atoms with E-state index in [0.29, 0.717) is 19.4 Å². The molecule has 5 heteroatoms. The van der Waals surface area contributed by atoms with Gasteiger partial charge in [0.05, 0.1) is 0 Å². The molecule has 1 amide bonds. The largest absolute Gasteiger partial charge is 0.480 e. The van der Waals surface area contributed by atoms with Crippen LogP contribution in [0.4, 0.5) is 0 Å². The summed E-state index contributed by atoms with van der Waals surface area (Å²) < 4.78 is 0. The minimum atomic E-state index is -0.956. The van der Waals surface area contributed by atoms with Crippen LogP contribution in [-0.4, -0.2) is 29.6 Å². The van der Waals surface area contributed by atoms with E-state index in [1.165, 1.54) is 77.0 Å². The first-order valence-electron chi connectivity index (χ1n) is 13.0. The molecule has 0 unspecified atom stereocenters. The topological polar surface area (TPSA) is 92.4 Å². The number of carbonyl (C=O) groups is 2. The van der Waals surface area contributed by atoms with Crippen molar-refractivity contribution in [2.75, 3.05) is 6.54 Å². The number of carbonyl (C=O) groups excluding carboxylic acids is 1. The summed E-state index contributed by atoms with van der Waals surface area (Å²) in [6.45, 7) is 2.81. The predicted molar refractivity (Wildman–Crippen MR) is 131 cm³/mol. The molecule has 0 aliphatic carbocycles. The fourth-order valence-electron chi connectivity index (χ4n) is 3.73. The molecule has 0 spiro atoms. The molecule has 1 atom stereocenters. The SMILES string of the molecule is CCCCCCCCC=CCCCCCCCCCC(=O)N[C@@H](CCCCN)C(=O)O. The van der Waals surface area contributed by atoms with Gasteiger partial charge in [-0.1, -0.05) is 83.3 Å². The summed E-state index contributed by atoms with van der Waals surface area (Å²) in [6.07, 6.45) is 25.8. The number of carboxylic acid groups (broad SMARTS) is 1. The smallest absolute Gasteiger partial charge is 0.326 e. The van der Waals surface area contributed by atoms with Gasteiger partial charge in [-0.2, -0.15) is 0 Å². The Morgan fingerprint density at radius 2 is 1.29 bits per heavy atom. The van der Waals surface area contributed by atoms with Crippen molar-refractivity contribution in [3.05, 3.63) is 12.2 Å². The number of nitrogens with one attached hydrogen (secondary N) is 1. The molecule has 0 aromatic rings. The van der Waals surface area contributed by atoms with Gasteiger partial charge in [-0.25, -0.2) is 4.79 Å². The van der Waals surface area contributed by atoms with Crippen molar-refractivity contribution in [1.82, 2.24) is 5.32 Å². The second kappa shape index (κ2) is 23.3. The van der Waals surface area contributed by atoms with Gasteiger partial charge in [0.25, 0.3) is 0 Å². The third kappa shape index (κ3) is 21.7. The molecule has 0 saturated carbocycles. The summed E-state index contributed by atoms with van der Waals surface area (Å²) in [6, 6.07) is -0.779. The summed E-state index contributed by atoms with van der Waals surface area (Å²) in [5.41, 5.74) is 5.43. The van der Waals surface area contributed by atoms with E-state index >= 15 is 0 Å². The van der Waals surface area contributed by atoms with E-state index in [1.54, 1.807) is 0 Å². The van der Waals surface area contributed by atoms with Crippen LogP contribution in [0.5, 0.6) is 0 Å². The highest BCUT2D eigenvalue weighted by molar-refractivity contribution is 5.83. The minimum absolute atomic E-state index is 0.145. The predicted octanol–water partition coefficient (Wildman–Crippen LogP) is 6.50. The first-order valence-corrected chi connectivity index (χ1v) is 13.0. The van der Waals surface area contributed by atoms with Gasteiger partial charge in [-0.05, 0) is 57.9 Å². The van der Waals surface area contributed by atoms with E-state index in [1.807, 2.05) is 0 Å². The van der Waals surface area contributed by atoms with Crippen molar-refractivity contribution < 1.29 is 14.7 Å². The number of rotatable bonds is 23. The first kappa shape index (κ1) is 29.6. The summed E-state index contributed by atoms with van der Waals surface area (Å²) >= 11 is 0. The standard InChI is InChI=1S/C26H50N2O3/c1-2-3-4-5-6-7-8-9-10-11-12-13-14-15-16-17-18-22-25(29)28-24(26(30)31)21-19-20-23-27/h9-10,24H,2-8,11-23,27H2,1H3,(H,28,29)(H,30,31)/t24-/m0/s1. The lowest BCUT2D eigenvalue weighted by atomic mass is 10.1. The zero-order valence-corrected chi connectivity index (χ0v) is 20.2. The molecule has 0 saturated heterocycles. The second-order valence-electron chi connectivity index (χ2n) is 8.78. The van der Waals surface area contributed by atoms with Crippen molar-refractivity contribution in [3.8, 4) is 0 Å². The fraction of sp³-hybridized carbons (Fsp3) is 0.846. The highest BCUT2D eigenvalue weighted by atomic mass is 16.4. The van der Waals surface area contributed by atoms with Crippen LogP contribution < -0.4 is 11.1 Å². The maximum atomic E-state index is 11.9. The Kier molecular flexibility index (Phi) is 22.3. The van der Waals surface area contributed by atoms with E-state index in [2.05, 4.69) is 24.4 Å². The zero-order chi connectivity index (χ0) is 23.0. The monoisotopic (exact) mass is 438 g/mol. The Bertz CT molecular complexity index is 452. The molecule has 4 N–H and O–H groups in total. The highest BCUT2D eigenvalue weighted by Crippen LogP contribution is 2.11. The fourth-order valence-corrected chi connectivity index (χ4v) is 3.73. The second-order valence-corrected chi connectivity index (χ2v) is 8.78. The average Bonchev–Trinajstić information content (AvgIpc) is 2.75. The molecule has 0 aliphatic heterocycles. The van der Waals surface area contributed by atoms with Crippen LogP contribution in [0.3, 0.4) is 0 Å². The van der Waals surface area contributed by atoms with Crippen molar-refractivity contribution in [3.63, 3.8) is 0 Å². The molecule has 0 aliphatic rings. The quantitative estimate of drug-likeness (QED) is 0.125. The summed E-state index contributed by atoms with van der Waals surface area (Å²) in [5.74, 6) is -1.10. The van der Waals surface area contributed by atoms with Gasteiger partial charge < -0.3 is 16.2 Å². The van der Waals surface area contributed by atoms with Gasteiger partial charge in [0.15, 0.2) is 0 Å². The molecule has 0 bridgehead atoms. The third-order valence-corrected chi connectivity index (χ3v) is 5.75. The van der Waals surface area contributed by atoms with E-state index in [-0.39, 0.29) is 5.91 Å². The average molecular weight is 439 g/mol. The lowest BCUT2D eigenvalue weighted by Gasteiger charge is -2.14. The van der Waals surface area contributed by atoms with Crippen molar-refractivity contribution in [1.29, 1.82) is 0 Å². The minimum Gasteiger partial charge on any atom is -0.480 e. The molecule has 5 nitrogen and oxygen atoms in total. The van der Waals surface area contributed by atoms with Crippen LogP contribution >= 0.6 is 0 Å². The molecule has 0 heterocycles. The molecule has 0 aromatic heterocycles. The Balaban J connectivity index is 3.45. The molecule has 31 heavy (non-hydrogen) atoms. The Hall–Kier alpha value is -1.36. The molecule has 0 fully saturated rings. The number of hydrogen-bond acceptors (Lipinski definition) is 3. The zero-order valence-electron chi connectivity index (χ0n) is 20.2. The Morgan fingerprint density at radius 3 is 1.81 bits per heavy atom. The number of unbranched alkanes of at least 4 members (excludes halogenated alkanes) is 14. The molecular formula is C26H50N2O3. The third-order valence-electron chi connectivity index (χ3n) is 5.75. The Labute approximate surface area is 191 Å². The summed E-state index contributed by atoms with van der Waals surface area (Å²) in [4.78, 5) is 23.2. The molecule has 0 radical (unpaired) electrons. The highest BCUT2D eigenvalue weighted by Gasteiger charge is 2.18. The van der Waals surface area contributed by atoms with Gasteiger partial charge >= 0.3 is 5.97 Å². The van der Waals surface area contributed by atoms with Gasteiger partial charge in [-0.3, -0.25) is 4.79 Å². The maximum Gasteiger partial charge on any atom is 0.326 e. The van der Waals surface area contributed by atoms with Crippen LogP contribution in [0.1, 0.15) is 129 Å². The van der Waals surface area contributed by atoms with Crippen LogP contribution in [0.25, 0.3) is 0 Å². The molecule has 0 rings (SSSR count).